The Hall–Kier alpha value is -2.12. The summed E-state index contributed by atoms with van der Waals surface area (Å²) >= 11 is 6.54. The van der Waals surface area contributed by atoms with Gasteiger partial charge in [0.2, 0.25) is 5.95 Å². The lowest BCUT2D eigenvalue weighted by molar-refractivity contribution is -0.0752. The minimum absolute atomic E-state index is 0.0475. The van der Waals surface area contributed by atoms with Gasteiger partial charge in [-0.3, -0.25) is 14.3 Å². The van der Waals surface area contributed by atoms with Crippen LogP contribution in [0.4, 0.5) is 5.95 Å². The van der Waals surface area contributed by atoms with Crippen LogP contribution in [0.5, 0.6) is 0 Å². The van der Waals surface area contributed by atoms with E-state index in [1.807, 2.05) is 0 Å². The highest BCUT2D eigenvalue weighted by Crippen LogP contribution is 2.44. The highest BCUT2D eigenvalue weighted by molar-refractivity contribution is 6.27. The molecule has 0 aromatic carbocycles. The van der Waals surface area contributed by atoms with Crippen molar-refractivity contribution in [2.75, 3.05) is 5.73 Å². The molecule has 24 heavy (non-hydrogen) atoms. The van der Waals surface area contributed by atoms with E-state index in [2.05, 4.69) is 26.8 Å². The van der Waals surface area contributed by atoms with E-state index in [1.54, 1.807) is 6.92 Å². The molecule has 1 aliphatic heterocycles. The van der Waals surface area contributed by atoms with Gasteiger partial charge in [-0.1, -0.05) is 17.5 Å². The number of alkyl halides is 1. The first-order chi connectivity index (χ1) is 11.3. The first-order valence-corrected chi connectivity index (χ1v) is 7.54. The molecule has 2 unspecified atom stereocenters. The number of hydrogen-bond donors (Lipinski definition) is 4. The smallest absolute Gasteiger partial charge is 0.280 e. The molecule has 9 nitrogen and oxygen atoms in total. The summed E-state index contributed by atoms with van der Waals surface area (Å²) < 4.78 is 7.11. The van der Waals surface area contributed by atoms with Crippen LogP contribution < -0.4 is 11.3 Å². The number of anilines is 1. The van der Waals surface area contributed by atoms with Crippen molar-refractivity contribution < 1.29 is 14.9 Å². The monoisotopic (exact) mass is 353 g/mol. The zero-order valence-corrected chi connectivity index (χ0v) is 13.7. The van der Waals surface area contributed by atoms with E-state index in [-0.39, 0.29) is 17.1 Å². The number of fused-ring (bicyclic) bond motifs is 1. The lowest BCUT2D eigenvalue weighted by atomic mass is 9.97. The largest absolute Gasteiger partial charge is 0.391 e. The lowest BCUT2D eigenvalue weighted by Gasteiger charge is -2.25. The van der Waals surface area contributed by atoms with Crippen molar-refractivity contribution in [2.24, 2.45) is 0 Å². The summed E-state index contributed by atoms with van der Waals surface area (Å²) in [5, 5.41) is 20.3. The normalized spacial score (nSPS) is 31.0. The van der Waals surface area contributed by atoms with E-state index in [4.69, 9.17) is 22.1 Å². The Kier molecular flexibility index (Phi) is 4.01. The average Bonchev–Trinajstić information content (AvgIpc) is 3.00. The second-order valence-corrected chi connectivity index (χ2v) is 6.18. The van der Waals surface area contributed by atoms with Crippen molar-refractivity contribution in [3.05, 3.63) is 16.7 Å². The molecule has 0 radical (unpaired) electrons. The van der Waals surface area contributed by atoms with E-state index in [9.17, 15) is 15.0 Å². The van der Waals surface area contributed by atoms with Crippen molar-refractivity contribution in [1.82, 2.24) is 19.5 Å². The zero-order valence-electron chi connectivity index (χ0n) is 12.9. The molecule has 1 saturated heterocycles. The maximum atomic E-state index is 11.9. The van der Waals surface area contributed by atoms with Gasteiger partial charge in [-0.25, -0.2) is 4.98 Å². The molecule has 0 saturated carbocycles. The third-order valence-corrected chi connectivity index (χ3v) is 4.39. The number of H-pyrrole nitrogens is 1. The number of nitrogen functional groups attached to an aromatic ring is 1. The summed E-state index contributed by atoms with van der Waals surface area (Å²) in [7, 11) is 0. The van der Waals surface area contributed by atoms with Gasteiger partial charge in [-0.2, -0.15) is 4.98 Å². The second-order valence-electron chi connectivity index (χ2n) is 5.56. The molecule has 1 fully saturated rings. The number of nitrogens with two attached hydrogens (primary N) is 1. The number of aromatic nitrogens is 4. The van der Waals surface area contributed by atoms with Crippen molar-refractivity contribution in [1.29, 1.82) is 0 Å². The quantitative estimate of drug-likeness (QED) is 0.415. The van der Waals surface area contributed by atoms with Crippen LogP contribution >= 0.6 is 11.6 Å². The molecule has 0 aliphatic carbocycles. The number of aliphatic hydroxyl groups is 2. The van der Waals surface area contributed by atoms with Crippen LogP contribution in [0.2, 0.25) is 0 Å². The van der Waals surface area contributed by atoms with Crippen LogP contribution in [0.1, 0.15) is 20.1 Å². The third-order valence-electron chi connectivity index (χ3n) is 3.88. The summed E-state index contributed by atoms with van der Waals surface area (Å²) in [6, 6.07) is 0. The van der Waals surface area contributed by atoms with Gasteiger partial charge < -0.3 is 20.7 Å². The molecule has 1 aliphatic rings. The Morgan fingerprint density at radius 1 is 1.62 bits per heavy atom. The van der Waals surface area contributed by atoms with Gasteiger partial charge in [0.25, 0.3) is 5.56 Å². The van der Waals surface area contributed by atoms with Crippen molar-refractivity contribution in [3.63, 3.8) is 0 Å². The number of nitrogens with one attached hydrogen (secondary N) is 1. The number of aromatic amines is 1. The first-order valence-electron chi connectivity index (χ1n) is 7.16. The fourth-order valence-corrected chi connectivity index (χ4v) is 3.17. The van der Waals surface area contributed by atoms with E-state index in [1.165, 1.54) is 17.8 Å². The van der Waals surface area contributed by atoms with Crippen LogP contribution in [0.3, 0.4) is 0 Å². The Morgan fingerprint density at radius 3 is 2.96 bits per heavy atom. The number of aliphatic hydroxyl groups excluding tert-OH is 2. The van der Waals surface area contributed by atoms with Crippen LogP contribution in [0.25, 0.3) is 11.2 Å². The molecular weight excluding hydrogens is 338 g/mol. The molecule has 5 atom stereocenters. The SMILES string of the molecule is CC#CC1(Cl)C(O)[C@@H]([C@H](C)O)O[C@H]1n1cnc2c(=O)[nH]c(N)nc21. The van der Waals surface area contributed by atoms with Gasteiger partial charge >= 0.3 is 0 Å². The second kappa shape index (κ2) is 5.75. The van der Waals surface area contributed by atoms with Crippen molar-refractivity contribution >= 4 is 28.7 Å². The number of hydrogen-bond acceptors (Lipinski definition) is 7. The molecule has 2 aromatic heterocycles. The molecule has 10 heteroatoms. The van der Waals surface area contributed by atoms with Gasteiger partial charge in [-0.05, 0) is 13.8 Å². The fraction of sp³-hybridized carbons (Fsp3) is 0.500. The van der Waals surface area contributed by atoms with Crippen LogP contribution in [0, 0.1) is 11.8 Å². The van der Waals surface area contributed by atoms with Gasteiger partial charge in [0.05, 0.1) is 12.4 Å². The summed E-state index contributed by atoms with van der Waals surface area (Å²) in [6.07, 6.45) is -2.95. The number of nitrogens with zero attached hydrogens (tertiary/aromatic N) is 3. The van der Waals surface area contributed by atoms with Crippen LogP contribution in [-0.2, 0) is 4.74 Å². The maximum Gasteiger partial charge on any atom is 0.280 e. The van der Waals surface area contributed by atoms with Crippen molar-refractivity contribution in [2.45, 2.75) is 43.3 Å². The van der Waals surface area contributed by atoms with E-state index in [0.717, 1.165) is 0 Å². The standard InChI is InChI=1S/C14H16ClN5O4/c1-3-4-14(15)9(22)8(6(2)21)24-12(14)20-5-17-7-10(20)18-13(16)19-11(7)23/h5-6,8-9,12,21-22H,1-2H3,(H3,16,18,19,23)/t6-,8+,9?,12+,14?/m0/s1. The molecule has 3 heterocycles. The predicted octanol–water partition coefficient (Wildman–Crippen LogP) is -0.658. The fourth-order valence-electron chi connectivity index (χ4n) is 2.79. The summed E-state index contributed by atoms with van der Waals surface area (Å²) in [6.45, 7) is 3.04. The first kappa shape index (κ1) is 16.7. The van der Waals surface area contributed by atoms with E-state index >= 15 is 0 Å². The minimum atomic E-state index is -1.55. The molecule has 0 bridgehead atoms. The van der Waals surface area contributed by atoms with Crippen molar-refractivity contribution in [3.8, 4) is 11.8 Å². The summed E-state index contributed by atoms with van der Waals surface area (Å²) in [5.74, 6) is 5.28. The zero-order chi connectivity index (χ0) is 17.6. The molecule has 0 amide bonds. The molecule has 2 aromatic rings. The summed E-state index contributed by atoms with van der Waals surface area (Å²) in [4.78, 5) is 20.7. The highest BCUT2D eigenvalue weighted by atomic mass is 35.5. The Bertz CT molecular complexity index is 898. The third kappa shape index (κ3) is 2.35. The van der Waals surface area contributed by atoms with E-state index in [0.29, 0.717) is 0 Å². The Morgan fingerprint density at radius 2 is 2.33 bits per heavy atom. The van der Waals surface area contributed by atoms with Crippen LogP contribution in [0.15, 0.2) is 11.1 Å². The Labute approximate surface area is 141 Å². The molecule has 128 valence electrons. The minimum Gasteiger partial charge on any atom is -0.391 e. The topological polar surface area (TPSA) is 139 Å². The van der Waals surface area contributed by atoms with E-state index < -0.39 is 35.0 Å². The predicted molar refractivity (Wildman–Crippen MR) is 86.2 cm³/mol. The number of ether oxygens (including phenoxy) is 1. The molecule has 3 rings (SSSR count). The molecule has 5 N–H and O–H groups in total. The average molecular weight is 354 g/mol. The maximum absolute atomic E-state index is 11.9. The highest BCUT2D eigenvalue weighted by Gasteiger charge is 2.57. The van der Waals surface area contributed by atoms with Gasteiger partial charge in [0.1, 0.15) is 12.2 Å². The number of rotatable bonds is 2. The van der Waals surface area contributed by atoms with Gasteiger partial charge in [0.15, 0.2) is 22.3 Å². The molecule has 0 spiro atoms. The number of imidazole rings is 1. The van der Waals surface area contributed by atoms with Crippen LogP contribution in [-0.4, -0.2) is 52.9 Å². The van der Waals surface area contributed by atoms with Gasteiger partial charge in [-0.15, -0.1) is 5.92 Å². The number of halogens is 1. The lowest BCUT2D eigenvalue weighted by Crippen LogP contribution is -2.43. The summed E-state index contributed by atoms with van der Waals surface area (Å²) in [5.41, 5.74) is 5.26. The molecular formula is C14H16ClN5O4. The van der Waals surface area contributed by atoms with Gasteiger partial charge in [0, 0.05) is 0 Å². The Balaban J connectivity index is 2.20.